The van der Waals surface area contributed by atoms with Crippen LogP contribution < -0.4 is 15.1 Å². The van der Waals surface area contributed by atoms with E-state index in [9.17, 15) is 4.39 Å². The fourth-order valence-corrected chi connectivity index (χ4v) is 2.29. The maximum Gasteiger partial charge on any atom is 0.145 e. The van der Waals surface area contributed by atoms with Gasteiger partial charge in [-0.05, 0) is 18.6 Å². The number of piperazine rings is 1. The van der Waals surface area contributed by atoms with Crippen molar-refractivity contribution in [2.75, 3.05) is 44.7 Å². The molecule has 1 aliphatic heterocycles. The fourth-order valence-electron chi connectivity index (χ4n) is 2.29. The zero-order valence-electron chi connectivity index (χ0n) is 11.7. The van der Waals surface area contributed by atoms with E-state index in [0.717, 1.165) is 44.8 Å². The summed E-state index contributed by atoms with van der Waals surface area (Å²) in [5.41, 5.74) is 4.37. The number of ether oxygens (including phenoxy) is 1. The van der Waals surface area contributed by atoms with Gasteiger partial charge in [0.2, 0.25) is 0 Å². The normalized spacial score (nSPS) is 16.7. The second kappa shape index (κ2) is 6.73. The average molecular weight is 267 g/mol. The molecule has 0 aliphatic carbocycles. The molecular formula is C14H22FN3O. The van der Waals surface area contributed by atoms with Gasteiger partial charge in [-0.25, -0.2) is 9.40 Å². The Balaban J connectivity index is 1.97. The third-order valence-electron chi connectivity index (χ3n) is 3.35. The summed E-state index contributed by atoms with van der Waals surface area (Å²) < 4.78 is 18.4. The predicted molar refractivity (Wildman–Crippen MR) is 75.0 cm³/mol. The molecule has 0 atom stereocenters. The van der Waals surface area contributed by atoms with Crippen molar-refractivity contribution in [1.82, 2.24) is 10.4 Å². The molecule has 1 aromatic carbocycles. The third-order valence-corrected chi connectivity index (χ3v) is 3.35. The monoisotopic (exact) mass is 267 g/mol. The zero-order valence-corrected chi connectivity index (χ0v) is 11.7. The Kier molecular flexibility index (Phi) is 4.99. The summed E-state index contributed by atoms with van der Waals surface area (Å²) in [4.78, 5) is 2.24. The van der Waals surface area contributed by atoms with Crippen LogP contribution in [0.3, 0.4) is 0 Å². The molecule has 0 unspecified atom stereocenters. The van der Waals surface area contributed by atoms with Crippen molar-refractivity contribution in [2.24, 2.45) is 0 Å². The Morgan fingerprint density at radius 1 is 1.26 bits per heavy atom. The lowest BCUT2D eigenvalue weighted by Gasteiger charge is -2.36. The van der Waals surface area contributed by atoms with E-state index in [-0.39, 0.29) is 5.82 Å². The van der Waals surface area contributed by atoms with Crippen LogP contribution in [-0.4, -0.2) is 44.8 Å². The highest BCUT2D eigenvalue weighted by Crippen LogP contribution is 2.29. The molecule has 1 aliphatic rings. The molecule has 106 valence electrons. The molecule has 5 heteroatoms. The fraction of sp³-hybridized carbons (Fsp3) is 0.571. The lowest BCUT2D eigenvalue weighted by Crippen LogP contribution is -2.52. The number of nitrogens with zero attached hydrogens (tertiary/aromatic N) is 2. The summed E-state index contributed by atoms with van der Waals surface area (Å²) in [6.07, 6.45) is 1.13. The minimum absolute atomic E-state index is 0.260. The minimum atomic E-state index is -0.260. The summed E-state index contributed by atoms with van der Waals surface area (Å²) >= 11 is 0. The molecule has 0 aromatic heterocycles. The molecule has 0 spiro atoms. The maximum absolute atomic E-state index is 13.2. The summed E-state index contributed by atoms with van der Waals surface area (Å²) in [6, 6.07) is 4.72. The average Bonchev–Trinajstić information content (AvgIpc) is 2.45. The molecule has 0 saturated carbocycles. The molecule has 1 saturated heterocycles. The molecule has 1 N–H and O–H groups in total. The molecule has 1 aromatic rings. The van der Waals surface area contributed by atoms with Gasteiger partial charge in [0.25, 0.3) is 0 Å². The van der Waals surface area contributed by atoms with Gasteiger partial charge in [-0.15, -0.1) is 0 Å². The van der Waals surface area contributed by atoms with Crippen LogP contribution in [0.25, 0.3) is 0 Å². The Morgan fingerprint density at radius 3 is 2.63 bits per heavy atom. The number of anilines is 1. The van der Waals surface area contributed by atoms with Gasteiger partial charge < -0.3 is 9.64 Å². The standard InChI is InChI=1S/C14H22FN3O/c1-3-6-16-18-9-7-17(8-10-18)13-5-4-12(15)11-14(13)19-2/h4-5,11,16H,3,6-10H2,1-2H3. The van der Waals surface area contributed by atoms with E-state index < -0.39 is 0 Å². The number of nitrogens with one attached hydrogen (secondary N) is 1. The smallest absolute Gasteiger partial charge is 0.145 e. The molecule has 19 heavy (non-hydrogen) atoms. The maximum atomic E-state index is 13.2. The van der Waals surface area contributed by atoms with Crippen LogP contribution in [-0.2, 0) is 0 Å². The first-order valence-corrected chi connectivity index (χ1v) is 6.81. The second-order valence-electron chi connectivity index (χ2n) is 4.70. The van der Waals surface area contributed by atoms with Crippen LogP contribution in [0.5, 0.6) is 5.75 Å². The largest absolute Gasteiger partial charge is 0.494 e. The number of hydrazine groups is 1. The predicted octanol–water partition coefficient (Wildman–Crippen LogP) is 1.87. The van der Waals surface area contributed by atoms with E-state index in [1.165, 1.54) is 12.1 Å². The van der Waals surface area contributed by atoms with Crippen LogP contribution in [0.15, 0.2) is 18.2 Å². The first kappa shape index (κ1) is 14.1. The van der Waals surface area contributed by atoms with Crippen molar-refractivity contribution in [2.45, 2.75) is 13.3 Å². The zero-order chi connectivity index (χ0) is 13.7. The molecular weight excluding hydrogens is 245 g/mol. The Labute approximate surface area is 114 Å². The Bertz CT molecular complexity index is 406. The molecule has 0 bridgehead atoms. The molecule has 2 rings (SSSR count). The van der Waals surface area contributed by atoms with Gasteiger partial charge in [0.05, 0.1) is 12.8 Å². The topological polar surface area (TPSA) is 27.7 Å². The Morgan fingerprint density at radius 2 is 2.00 bits per heavy atom. The number of rotatable bonds is 5. The molecule has 4 nitrogen and oxygen atoms in total. The number of hydrogen-bond donors (Lipinski definition) is 1. The third kappa shape index (κ3) is 3.58. The van der Waals surface area contributed by atoms with Crippen LogP contribution in [0.1, 0.15) is 13.3 Å². The van der Waals surface area contributed by atoms with E-state index in [2.05, 4.69) is 22.3 Å². The highest BCUT2D eigenvalue weighted by molar-refractivity contribution is 5.58. The molecule has 0 amide bonds. The van der Waals surface area contributed by atoms with Gasteiger partial charge in [-0.3, -0.25) is 5.43 Å². The van der Waals surface area contributed by atoms with E-state index >= 15 is 0 Å². The van der Waals surface area contributed by atoms with E-state index in [4.69, 9.17) is 4.74 Å². The number of hydrogen-bond acceptors (Lipinski definition) is 4. The van der Waals surface area contributed by atoms with E-state index in [1.54, 1.807) is 13.2 Å². The van der Waals surface area contributed by atoms with Crippen molar-refractivity contribution in [3.63, 3.8) is 0 Å². The number of benzene rings is 1. The van der Waals surface area contributed by atoms with Crippen LogP contribution >= 0.6 is 0 Å². The van der Waals surface area contributed by atoms with Crippen molar-refractivity contribution in [1.29, 1.82) is 0 Å². The van der Waals surface area contributed by atoms with Gasteiger partial charge in [0.1, 0.15) is 11.6 Å². The van der Waals surface area contributed by atoms with Crippen LogP contribution in [0.4, 0.5) is 10.1 Å². The van der Waals surface area contributed by atoms with Crippen molar-refractivity contribution in [3.05, 3.63) is 24.0 Å². The van der Waals surface area contributed by atoms with Crippen molar-refractivity contribution >= 4 is 5.69 Å². The summed E-state index contributed by atoms with van der Waals surface area (Å²) in [6.45, 7) is 6.92. The second-order valence-corrected chi connectivity index (χ2v) is 4.70. The van der Waals surface area contributed by atoms with E-state index in [0.29, 0.717) is 5.75 Å². The van der Waals surface area contributed by atoms with E-state index in [1.807, 2.05) is 0 Å². The lowest BCUT2D eigenvalue weighted by atomic mass is 10.2. The molecule has 1 heterocycles. The summed E-state index contributed by atoms with van der Waals surface area (Å²) in [5, 5.41) is 2.25. The van der Waals surface area contributed by atoms with Gasteiger partial charge in [0, 0.05) is 38.8 Å². The number of halogens is 1. The van der Waals surface area contributed by atoms with Crippen LogP contribution in [0.2, 0.25) is 0 Å². The van der Waals surface area contributed by atoms with Gasteiger partial charge >= 0.3 is 0 Å². The van der Waals surface area contributed by atoms with Crippen molar-refractivity contribution in [3.8, 4) is 5.75 Å². The highest BCUT2D eigenvalue weighted by atomic mass is 19.1. The Hall–Kier alpha value is -1.33. The van der Waals surface area contributed by atoms with Gasteiger partial charge in [-0.1, -0.05) is 6.92 Å². The first-order valence-electron chi connectivity index (χ1n) is 6.81. The minimum Gasteiger partial charge on any atom is -0.494 e. The van der Waals surface area contributed by atoms with Gasteiger partial charge in [-0.2, -0.15) is 0 Å². The van der Waals surface area contributed by atoms with Crippen LogP contribution in [0, 0.1) is 5.82 Å². The SMILES string of the molecule is CCCNN1CCN(c2ccc(F)cc2OC)CC1. The van der Waals surface area contributed by atoms with Gasteiger partial charge in [0.15, 0.2) is 0 Å². The first-order chi connectivity index (χ1) is 9.24. The highest BCUT2D eigenvalue weighted by Gasteiger charge is 2.19. The number of methoxy groups -OCH3 is 1. The molecule has 0 radical (unpaired) electrons. The summed E-state index contributed by atoms with van der Waals surface area (Å²) in [7, 11) is 1.58. The summed E-state index contributed by atoms with van der Waals surface area (Å²) in [5.74, 6) is 0.346. The molecule has 1 fully saturated rings. The quantitative estimate of drug-likeness (QED) is 0.881. The van der Waals surface area contributed by atoms with Crippen molar-refractivity contribution < 1.29 is 9.13 Å². The lowest BCUT2D eigenvalue weighted by molar-refractivity contribution is 0.176.